The topological polar surface area (TPSA) is 34.8 Å². The standard InChI is InChI=1S/C43H36BNO3/c1-42(2)27-46-44(48-42)29-18-22-31(23-19-29)45(32-24-25-35-34-10-5-7-14-38(34)43(3,4)39(35)26-32)30-20-16-28(17-21-30)33-12-9-13-37-36-11-6-8-15-40(36)47-41(33)37/h5-26H,27H2,1-4H3. The minimum atomic E-state index is -0.359. The number of furan rings is 1. The fraction of sp³-hybridized carbons (Fsp3) is 0.163. The largest absolute Gasteiger partial charge is 0.494 e. The number of para-hydroxylation sites is 2. The van der Waals surface area contributed by atoms with E-state index in [9.17, 15) is 0 Å². The van der Waals surface area contributed by atoms with Crippen molar-refractivity contribution in [2.75, 3.05) is 11.5 Å². The van der Waals surface area contributed by atoms with Crippen molar-refractivity contribution in [3.05, 3.63) is 145 Å². The molecule has 0 spiro atoms. The van der Waals surface area contributed by atoms with Gasteiger partial charge in [0, 0.05) is 38.8 Å². The van der Waals surface area contributed by atoms with Gasteiger partial charge in [-0.3, -0.25) is 0 Å². The van der Waals surface area contributed by atoms with Crippen LogP contribution in [0.3, 0.4) is 0 Å². The van der Waals surface area contributed by atoms with Gasteiger partial charge in [-0.15, -0.1) is 0 Å². The number of anilines is 3. The second kappa shape index (κ2) is 10.7. The van der Waals surface area contributed by atoms with Gasteiger partial charge in [-0.2, -0.15) is 0 Å². The maximum absolute atomic E-state index is 6.38. The molecule has 7 aromatic rings. The normalized spacial score (nSPS) is 16.0. The van der Waals surface area contributed by atoms with Crippen LogP contribution in [0.2, 0.25) is 0 Å². The Kier molecular flexibility index (Phi) is 6.49. The first-order chi connectivity index (χ1) is 23.3. The maximum atomic E-state index is 6.38. The molecule has 0 atom stereocenters. The molecule has 1 aliphatic heterocycles. The van der Waals surface area contributed by atoms with E-state index in [1.165, 1.54) is 22.3 Å². The molecular weight excluding hydrogens is 589 g/mol. The van der Waals surface area contributed by atoms with Crippen LogP contribution >= 0.6 is 0 Å². The third-order valence-electron chi connectivity index (χ3n) is 10.1. The second-order valence-electron chi connectivity index (χ2n) is 14.2. The Balaban J connectivity index is 1.14. The van der Waals surface area contributed by atoms with Gasteiger partial charge in [0.05, 0.1) is 12.2 Å². The zero-order valence-electron chi connectivity index (χ0n) is 27.7. The van der Waals surface area contributed by atoms with Crippen LogP contribution in [0.4, 0.5) is 17.1 Å². The van der Waals surface area contributed by atoms with Gasteiger partial charge >= 0.3 is 7.12 Å². The SMILES string of the molecule is CC1(C)COB(c2ccc(N(c3ccc(-c4cccc5c4oc4ccccc45)cc3)c3ccc4c(c3)C(C)(C)c3ccccc3-4)cc2)O1. The van der Waals surface area contributed by atoms with E-state index in [2.05, 4.69) is 154 Å². The molecule has 48 heavy (non-hydrogen) atoms. The third kappa shape index (κ3) is 4.61. The van der Waals surface area contributed by atoms with E-state index in [4.69, 9.17) is 13.7 Å². The van der Waals surface area contributed by atoms with E-state index in [0.29, 0.717) is 6.61 Å². The summed E-state index contributed by atoms with van der Waals surface area (Å²) in [4.78, 5) is 2.34. The zero-order chi connectivity index (χ0) is 32.6. The molecule has 0 amide bonds. The number of benzene rings is 6. The van der Waals surface area contributed by atoms with E-state index in [1.807, 2.05) is 12.1 Å². The summed E-state index contributed by atoms with van der Waals surface area (Å²) in [5.41, 5.74) is 13.2. The Hall–Kier alpha value is -5.10. The summed E-state index contributed by atoms with van der Waals surface area (Å²) in [5.74, 6) is 0. The van der Waals surface area contributed by atoms with Crippen molar-refractivity contribution >= 4 is 51.6 Å². The van der Waals surface area contributed by atoms with Crippen LogP contribution in [-0.4, -0.2) is 19.3 Å². The first-order valence-electron chi connectivity index (χ1n) is 16.7. The van der Waals surface area contributed by atoms with Crippen LogP contribution in [0.5, 0.6) is 0 Å². The van der Waals surface area contributed by atoms with Gasteiger partial charge in [0.25, 0.3) is 0 Å². The molecule has 0 N–H and O–H groups in total. The van der Waals surface area contributed by atoms with Crippen LogP contribution in [0.15, 0.2) is 138 Å². The minimum absolute atomic E-state index is 0.101. The Morgan fingerprint density at radius 3 is 2.00 bits per heavy atom. The van der Waals surface area contributed by atoms with Gasteiger partial charge in [0.2, 0.25) is 0 Å². The van der Waals surface area contributed by atoms with Crippen LogP contribution < -0.4 is 10.4 Å². The lowest BCUT2D eigenvalue weighted by atomic mass is 9.79. The molecule has 2 aliphatic rings. The molecule has 234 valence electrons. The predicted molar refractivity (Wildman–Crippen MR) is 198 cm³/mol. The highest BCUT2D eigenvalue weighted by molar-refractivity contribution is 6.61. The monoisotopic (exact) mass is 625 g/mol. The number of hydrogen-bond donors (Lipinski definition) is 0. The van der Waals surface area contributed by atoms with Gasteiger partial charge in [-0.1, -0.05) is 105 Å². The van der Waals surface area contributed by atoms with Gasteiger partial charge in [0.15, 0.2) is 0 Å². The highest BCUT2D eigenvalue weighted by atomic mass is 16.7. The molecular formula is C43H36BNO3. The number of hydrogen-bond acceptors (Lipinski definition) is 4. The summed E-state index contributed by atoms with van der Waals surface area (Å²) in [6, 6.07) is 47.8. The highest BCUT2D eigenvalue weighted by Crippen LogP contribution is 2.50. The van der Waals surface area contributed by atoms with Crippen molar-refractivity contribution in [3.8, 4) is 22.3 Å². The number of fused-ring (bicyclic) bond motifs is 6. The first-order valence-corrected chi connectivity index (χ1v) is 16.7. The van der Waals surface area contributed by atoms with E-state index in [1.54, 1.807) is 0 Å². The molecule has 9 rings (SSSR count). The van der Waals surface area contributed by atoms with Crippen molar-refractivity contribution in [1.29, 1.82) is 0 Å². The summed E-state index contributed by atoms with van der Waals surface area (Å²) in [6.45, 7) is 9.37. The molecule has 0 bridgehead atoms. The Morgan fingerprint density at radius 2 is 1.23 bits per heavy atom. The van der Waals surface area contributed by atoms with E-state index >= 15 is 0 Å². The van der Waals surface area contributed by atoms with Crippen molar-refractivity contribution in [1.82, 2.24) is 0 Å². The zero-order valence-corrected chi connectivity index (χ0v) is 27.7. The minimum Gasteiger partial charge on any atom is -0.455 e. The summed E-state index contributed by atoms with van der Waals surface area (Å²) in [7, 11) is -0.359. The molecule has 4 nitrogen and oxygen atoms in total. The summed E-state index contributed by atoms with van der Waals surface area (Å²) in [6.07, 6.45) is 0. The molecule has 5 heteroatoms. The van der Waals surface area contributed by atoms with Crippen LogP contribution in [0, 0.1) is 0 Å². The molecule has 2 heterocycles. The quantitative estimate of drug-likeness (QED) is 0.178. The third-order valence-corrected chi connectivity index (χ3v) is 10.1. The molecule has 0 radical (unpaired) electrons. The molecule has 0 saturated carbocycles. The lowest BCUT2D eigenvalue weighted by molar-refractivity contribution is 0.137. The van der Waals surface area contributed by atoms with Crippen molar-refractivity contribution in [2.24, 2.45) is 0 Å². The molecule has 1 fully saturated rings. The smallest absolute Gasteiger partial charge is 0.455 e. The van der Waals surface area contributed by atoms with Crippen molar-refractivity contribution in [2.45, 2.75) is 38.7 Å². The average Bonchev–Trinajstić information content (AvgIpc) is 3.75. The van der Waals surface area contributed by atoms with Gasteiger partial charge in [-0.25, -0.2) is 0 Å². The molecule has 1 saturated heterocycles. The number of nitrogens with zero attached hydrogens (tertiary/aromatic N) is 1. The fourth-order valence-corrected chi connectivity index (χ4v) is 7.62. The van der Waals surface area contributed by atoms with E-state index in [-0.39, 0.29) is 18.1 Å². The van der Waals surface area contributed by atoms with Crippen molar-refractivity contribution < 1.29 is 13.7 Å². The summed E-state index contributed by atoms with van der Waals surface area (Å²) < 4.78 is 18.5. The average molecular weight is 626 g/mol. The molecule has 0 unspecified atom stereocenters. The highest BCUT2D eigenvalue weighted by Gasteiger charge is 2.38. The van der Waals surface area contributed by atoms with Gasteiger partial charge in [0.1, 0.15) is 11.2 Å². The second-order valence-corrected chi connectivity index (χ2v) is 14.2. The van der Waals surface area contributed by atoms with E-state index < -0.39 is 0 Å². The van der Waals surface area contributed by atoms with Crippen LogP contribution in [0.1, 0.15) is 38.8 Å². The lowest BCUT2D eigenvalue weighted by Gasteiger charge is -2.28. The summed E-state index contributed by atoms with van der Waals surface area (Å²) in [5, 5.41) is 2.27. The molecule has 1 aromatic heterocycles. The van der Waals surface area contributed by atoms with Crippen molar-refractivity contribution in [3.63, 3.8) is 0 Å². The Labute approximate surface area is 281 Å². The predicted octanol–water partition coefficient (Wildman–Crippen LogP) is 10.5. The molecule has 1 aliphatic carbocycles. The molecule has 6 aromatic carbocycles. The van der Waals surface area contributed by atoms with Gasteiger partial charge < -0.3 is 18.6 Å². The van der Waals surface area contributed by atoms with E-state index in [0.717, 1.165) is 55.6 Å². The maximum Gasteiger partial charge on any atom is 0.494 e. The van der Waals surface area contributed by atoms with Crippen LogP contribution in [0.25, 0.3) is 44.2 Å². The Morgan fingerprint density at radius 1 is 0.583 bits per heavy atom. The summed E-state index contributed by atoms with van der Waals surface area (Å²) >= 11 is 0. The fourth-order valence-electron chi connectivity index (χ4n) is 7.62. The lowest BCUT2D eigenvalue weighted by Crippen LogP contribution is -2.34. The Bertz CT molecular complexity index is 2340. The van der Waals surface area contributed by atoms with Crippen LogP contribution in [-0.2, 0) is 14.7 Å². The first kappa shape index (κ1) is 29.1. The number of rotatable bonds is 5. The van der Waals surface area contributed by atoms with Gasteiger partial charge in [-0.05, 0) is 89.6 Å².